The first-order valence-corrected chi connectivity index (χ1v) is 8.90. The van der Waals surface area contributed by atoms with Crippen molar-refractivity contribution in [2.45, 2.75) is 25.3 Å². The van der Waals surface area contributed by atoms with Crippen molar-refractivity contribution < 1.29 is 9.53 Å². The maximum Gasteiger partial charge on any atom is 0.258 e. The number of methoxy groups -OCH3 is 1. The van der Waals surface area contributed by atoms with E-state index >= 15 is 0 Å². The van der Waals surface area contributed by atoms with Gasteiger partial charge in [-0.3, -0.25) is 14.9 Å². The second-order valence-electron chi connectivity index (χ2n) is 6.35. The van der Waals surface area contributed by atoms with E-state index in [1.807, 2.05) is 17.0 Å². The highest BCUT2D eigenvalue weighted by Crippen LogP contribution is 2.32. The molecule has 1 fully saturated rings. The molecule has 1 aromatic carbocycles. The standard InChI is InChI=1S/C19H20N6O2/c1-27-16-8-3-2-6-13(16)19(26)25-11-5-4-7-15(25)18-22-17(23-24-18)14-12-20-9-10-21-14/h2-3,6,8-10,12,15H,4-5,7,11H2,1H3,(H,22,23,24). The molecule has 0 saturated carbocycles. The van der Waals surface area contributed by atoms with Gasteiger partial charge in [0.05, 0.1) is 24.9 Å². The minimum absolute atomic E-state index is 0.0606. The van der Waals surface area contributed by atoms with Crippen LogP contribution < -0.4 is 4.74 Å². The summed E-state index contributed by atoms with van der Waals surface area (Å²) in [5, 5.41) is 7.25. The maximum atomic E-state index is 13.2. The number of aromatic nitrogens is 5. The number of H-pyrrole nitrogens is 1. The van der Waals surface area contributed by atoms with Crippen LogP contribution in [0.2, 0.25) is 0 Å². The number of aromatic amines is 1. The average Bonchev–Trinajstić information content (AvgIpc) is 3.24. The number of hydrogen-bond acceptors (Lipinski definition) is 6. The summed E-state index contributed by atoms with van der Waals surface area (Å²) in [5.41, 5.74) is 1.15. The summed E-state index contributed by atoms with van der Waals surface area (Å²) < 4.78 is 5.36. The normalized spacial score (nSPS) is 16.9. The van der Waals surface area contributed by atoms with E-state index in [0.717, 1.165) is 19.3 Å². The highest BCUT2D eigenvalue weighted by Gasteiger charge is 2.32. The molecule has 4 rings (SSSR count). The quantitative estimate of drug-likeness (QED) is 0.764. The number of nitrogens with zero attached hydrogens (tertiary/aromatic N) is 5. The van der Waals surface area contributed by atoms with Gasteiger partial charge in [-0.05, 0) is 31.4 Å². The minimum Gasteiger partial charge on any atom is -0.496 e. The summed E-state index contributed by atoms with van der Waals surface area (Å²) in [4.78, 5) is 27.9. The third-order valence-corrected chi connectivity index (χ3v) is 4.71. The van der Waals surface area contributed by atoms with Crippen LogP contribution in [-0.4, -0.2) is 49.6 Å². The molecule has 1 unspecified atom stereocenters. The molecule has 8 heteroatoms. The van der Waals surface area contributed by atoms with Gasteiger partial charge in [0, 0.05) is 18.9 Å². The SMILES string of the molecule is COc1ccccc1C(=O)N1CCCCC1c1nc(-c2cnccn2)n[nH]1. The first-order chi connectivity index (χ1) is 13.3. The van der Waals surface area contributed by atoms with Gasteiger partial charge >= 0.3 is 0 Å². The van der Waals surface area contributed by atoms with Gasteiger partial charge in [-0.25, -0.2) is 9.97 Å². The Morgan fingerprint density at radius 3 is 2.96 bits per heavy atom. The highest BCUT2D eigenvalue weighted by molar-refractivity contribution is 5.97. The molecule has 27 heavy (non-hydrogen) atoms. The van der Waals surface area contributed by atoms with E-state index in [-0.39, 0.29) is 11.9 Å². The zero-order valence-corrected chi connectivity index (χ0v) is 15.0. The fourth-order valence-corrected chi connectivity index (χ4v) is 3.39. The number of benzene rings is 1. The average molecular weight is 364 g/mol. The van der Waals surface area contributed by atoms with Crippen molar-refractivity contribution in [2.75, 3.05) is 13.7 Å². The Morgan fingerprint density at radius 1 is 1.26 bits per heavy atom. The van der Waals surface area contributed by atoms with E-state index in [2.05, 4.69) is 25.1 Å². The molecular formula is C19H20N6O2. The van der Waals surface area contributed by atoms with Crippen LogP contribution in [0.4, 0.5) is 0 Å². The molecule has 1 aliphatic rings. The van der Waals surface area contributed by atoms with Crippen molar-refractivity contribution in [3.05, 3.63) is 54.2 Å². The van der Waals surface area contributed by atoms with Gasteiger partial charge in [0.1, 0.15) is 17.3 Å². The van der Waals surface area contributed by atoms with Crippen LogP contribution in [0, 0.1) is 0 Å². The Kier molecular flexibility index (Phi) is 4.78. The largest absolute Gasteiger partial charge is 0.496 e. The summed E-state index contributed by atoms with van der Waals surface area (Å²) in [6, 6.07) is 7.13. The lowest BCUT2D eigenvalue weighted by atomic mass is 10.00. The van der Waals surface area contributed by atoms with Crippen molar-refractivity contribution >= 4 is 5.91 Å². The van der Waals surface area contributed by atoms with Crippen molar-refractivity contribution in [1.82, 2.24) is 30.0 Å². The van der Waals surface area contributed by atoms with Crippen LogP contribution in [0.3, 0.4) is 0 Å². The molecule has 1 aliphatic heterocycles. The van der Waals surface area contributed by atoms with Gasteiger partial charge < -0.3 is 9.64 Å². The summed E-state index contributed by atoms with van der Waals surface area (Å²) in [5.74, 6) is 1.66. The number of carbonyl (C=O) groups excluding carboxylic acids is 1. The first kappa shape index (κ1) is 17.1. The summed E-state index contributed by atoms with van der Waals surface area (Å²) >= 11 is 0. The van der Waals surface area contributed by atoms with Crippen LogP contribution in [-0.2, 0) is 0 Å². The lowest BCUT2D eigenvalue weighted by Gasteiger charge is -2.34. The van der Waals surface area contributed by atoms with Crippen LogP contribution in [0.1, 0.15) is 41.5 Å². The van der Waals surface area contributed by atoms with E-state index in [1.54, 1.807) is 37.8 Å². The molecule has 3 heterocycles. The van der Waals surface area contributed by atoms with Crippen LogP contribution in [0.5, 0.6) is 5.75 Å². The van der Waals surface area contributed by atoms with E-state index < -0.39 is 0 Å². The maximum absolute atomic E-state index is 13.2. The molecular weight excluding hydrogens is 344 g/mol. The second kappa shape index (κ2) is 7.53. The second-order valence-corrected chi connectivity index (χ2v) is 6.35. The molecule has 138 valence electrons. The minimum atomic E-state index is -0.158. The van der Waals surface area contributed by atoms with Crippen LogP contribution in [0.25, 0.3) is 11.5 Å². The molecule has 3 aromatic rings. The fraction of sp³-hybridized carbons (Fsp3) is 0.316. The lowest BCUT2D eigenvalue weighted by Crippen LogP contribution is -2.39. The molecule has 1 saturated heterocycles. The number of nitrogens with one attached hydrogen (secondary N) is 1. The van der Waals surface area contributed by atoms with Crippen LogP contribution >= 0.6 is 0 Å². The van der Waals surface area contributed by atoms with Crippen molar-refractivity contribution in [1.29, 1.82) is 0 Å². The van der Waals surface area contributed by atoms with Gasteiger partial charge in [0.25, 0.3) is 5.91 Å². The Labute approximate surface area is 156 Å². The third kappa shape index (κ3) is 3.38. The molecule has 1 amide bonds. The Hall–Kier alpha value is -3.29. The molecule has 8 nitrogen and oxygen atoms in total. The van der Waals surface area contributed by atoms with E-state index in [0.29, 0.717) is 35.2 Å². The summed E-state index contributed by atoms with van der Waals surface area (Å²) in [6.07, 6.45) is 7.64. The van der Waals surface area contributed by atoms with E-state index in [4.69, 9.17) is 4.74 Å². The van der Waals surface area contributed by atoms with E-state index in [9.17, 15) is 4.79 Å². The predicted molar refractivity (Wildman–Crippen MR) is 98.0 cm³/mol. The van der Waals surface area contributed by atoms with Crippen molar-refractivity contribution in [3.63, 3.8) is 0 Å². The summed E-state index contributed by atoms with van der Waals surface area (Å²) in [7, 11) is 1.57. The number of piperidine rings is 1. The molecule has 1 N–H and O–H groups in total. The number of para-hydroxylation sites is 1. The summed E-state index contributed by atoms with van der Waals surface area (Å²) in [6.45, 7) is 0.669. The number of hydrogen-bond donors (Lipinski definition) is 1. The van der Waals surface area contributed by atoms with Crippen molar-refractivity contribution in [2.24, 2.45) is 0 Å². The Morgan fingerprint density at radius 2 is 2.15 bits per heavy atom. The third-order valence-electron chi connectivity index (χ3n) is 4.71. The first-order valence-electron chi connectivity index (χ1n) is 8.90. The van der Waals surface area contributed by atoms with Gasteiger partial charge in [0.15, 0.2) is 0 Å². The van der Waals surface area contributed by atoms with Gasteiger partial charge in [0.2, 0.25) is 5.82 Å². The lowest BCUT2D eigenvalue weighted by molar-refractivity contribution is 0.0597. The number of ether oxygens (including phenoxy) is 1. The highest BCUT2D eigenvalue weighted by atomic mass is 16.5. The molecule has 0 radical (unpaired) electrons. The van der Waals surface area contributed by atoms with Gasteiger partial charge in [-0.1, -0.05) is 12.1 Å². The molecule has 0 aliphatic carbocycles. The predicted octanol–water partition coefficient (Wildman–Crippen LogP) is 2.64. The van der Waals surface area contributed by atoms with Crippen LogP contribution in [0.15, 0.2) is 42.9 Å². The molecule has 0 bridgehead atoms. The molecule has 0 spiro atoms. The number of carbonyl (C=O) groups is 1. The number of likely N-dealkylation sites (tertiary alicyclic amines) is 1. The Balaban J connectivity index is 1.63. The Bertz CT molecular complexity index is 927. The zero-order valence-electron chi connectivity index (χ0n) is 15.0. The topological polar surface area (TPSA) is 96.9 Å². The van der Waals surface area contributed by atoms with E-state index in [1.165, 1.54) is 0 Å². The number of amides is 1. The zero-order chi connectivity index (χ0) is 18.6. The molecule has 1 atom stereocenters. The van der Waals surface area contributed by atoms with Gasteiger partial charge in [-0.15, -0.1) is 0 Å². The molecule has 2 aromatic heterocycles. The van der Waals surface area contributed by atoms with Gasteiger partial charge in [-0.2, -0.15) is 5.10 Å². The smallest absolute Gasteiger partial charge is 0.258 e. The monoisotopic (exact) mass is 364 g/mol. The fourth-order valence-electron chi connectivity index (χ4n) is 3.39. The number of rotatable bonds is 4. The van der Waals surface area contributed by atoms with Crippen molar-refractivity contribution in [3.8, 4) is 17.3 Å².